The maximum atomic E-state index is 11.9. The second kappa shape index (κ2) is 6.75. The van der Waals surface area contributed by atoms with Crippen molar-refractivity contribution in [1.29, 1.82) is 0 Å². The second-order valence-corrected chi connectivity index (χ2v) is 4.76. The van der Waals surface area contributed by atoms with E-state index in [1.807, 2.05) is 24.3 Å². The lowest BCUT2D eigenvalue weighted by atomic mass is 10.1. The van der Waals surface area contributed by atoms with Crippen molar-refractivity contribution in [2.24, 2.45) is 11.7 Å². The van der Waals surface area contributed by atoms with Crippen LogP contribution in [0.3, 0.4) is 0 Å². The monoisotopic (exact) mass is 274 g/mol. The van der Waals surface area contributed by atoms with E-state index in [4.69, 9.17) is 10.5 Å². The van der Waals surface area contributed by atoms with E-state index in [0.717, 1.165) is 18.4 Å². The van der Waals surface area contributed by atoms with Crippen LogP contribution in [0.5, 0.6) is 5.75 Å². The van der Waals surface area contributed by atoms with Gasteiger partial charge >= 0.3 is 0 Å². The minimum Gasteiger partial charge on any atom is -0.484 e. The van der Waals surface area contributed by atoms with Crippen LogP contribution in [0.15, 0.2) is 36.4 Å². The molecule has 1 aromatic carbocycles. The van der Waals surface area contributed by atoms with Crippen LogP contribution >= 0.6 is 0 Å². The number of hydrogen-bond acceptors (Lipinski definition) is 3. The summed E-state index contributed by atoms with van der Waals surface area (Å²) in [5.74, 6) is 0.179. The highest BCUT2D eigenvalue weighted by atomic mass is 16.5. The van der Waals surface area contributed by atoms with Crippen molar-refractivity contribution in [3.8, 4) is 5.75 Å². The van der Waals surface area contributed by atoms with Crippen LogP contribution in [0.2, 0.25) is 0 Å². The third-order valence-electron chi connectivity index (χ3n) is 3.12. The van der Waals surface area contributed by atoms with Crippen molar-refractivity contribution < 1.29 is 14.3 Å². The molecule has 0 unspecified atom stereocenters. The second-order valence-electron chi connectivity index (χ2n) is 4.76. The van der Waals surface area contributed by atoms with Gasteiger partial charge in [0.15, 0.2) is 6.61 Å². The minimum atomic E-state index is -0.516. The highest BCUT2D eigenvalue weighted by Crippen LogP contribution is 2.18. The molecule has 0 atom stereocenters. The van der Waals surface area contributed by atoms with E-state index >= 15 is 0 Å². The van der Waals surface area contributed by atoms with Crippen LogP contribution < -0.4 is 15.8 Å². The number of carbonyl (C=O) groups excluding carboxylic acids is 2. The van der Waals surface area contributed by atoms with E-state index in [1.54, 1.807) is 12.1 Å². The molecule has 0 spiro atoms. The van der Waals surface area contributed by atoms with Crippen LogP contribution in [-0.2, 0) is 16.1 Å². The number of primary amides is 1. The van der Waals surface area contributed by atoms with Gasteiger partial charge in [-0.15, -0.1) is 0 Å². The lowest BCUT2D eigenvalue weighted by Crippen LogP contribution is -2.28. The van der Waals surface area contributed by atoms with E-state index < -0.39 is 5.91 Å². The molecule has 2 amide bonds. The molecule has 1 aliphatic rings. The number of ether oxygens (including phenoxy) is 1. The van der Waals surface area contributed by atoms with E-state index in [-0.39, 0.29) is 18.4 Å². The zero-order valence-corrected chi connectivity index (χ0v) is 11.2. The summed E-state index contributed by atoms with van der Waals surface area (Å²) < 4.78 is 5.22. The smallest absolute Gasteiger partial charge is 0.255 e. The summed E-state index contributed by atoms with van der Waals surface area (Å²) in [5.41, 5.74) is 5.94. The fourth-order valence-electron chi connectivity index (χ4n) is 2.06. The number of carbonyl (C=O) groups is 2. The molecule has 3 N–H and O–H groups in total. The molecule has 5 nitrogen and oxygen atoms in total. The first-order valence-electron chi connectivity index (χ1n) is 6.58. The molecule has 0 fully saturated rings. The maximum Gasteiger partial charge on any atom is 0.255 e. The lowest BCUT2D eigenvalue weighted by Gasteiger charge is -2.11. The van der Waals surface area contributed by atoms with E-state index in [9.17, 15) is 9.59 Å². The van der Waals surface area contributed by atoms with Gasteiger partial charge in [0, 0.05) is 12.5 Å². The standard InChI is InChI=1S/C15H18N2O3/c16-14(18)10-20-13-7-3-4-11(8-13)9-17-15(19)12-5-1-2-6-12/h1-4,7-8,12H,5-6,9-10H2,(H2,16,18)(H,17,19). The Morgan fingerprint density at radius 3 is 2.75 bits per heavy atom. The molecule has 1 aliphatic carbocycles. The molecule has 5 heteroatoms. The highest BCUT2D eigenvalue weighted by Gasteiger charge is 2.18. The molecule has 1 aromatic rings. The van der Waals surface area contributed by atoms with Crippen LogP contribution in [-0.4, -0.2) is 18.4 Å². The lowest BCUT2D eigenvalue weighted by molar-refractivity contribution is -0.124. The Labute approximate surface area is 117 Å². The predicted octanol–water partition coefficient (Wildman–Crippen LogP) is 1.13. The number of hydrogen-bond donors (Lipinski definition) is 2. The topological polar surface area (TPSA) is 81.4 Å². The molecule has 0 aromatic heterocycles. The Morgan fingerprint density at radius 2 is 2.05 bits per heavy atom. The average molecular weight is 274 g/mol. The van der Waals surface area contributed by atoms with Crippen molar-refractivity contribution in [2.75, 3.05) is 6.61 Å². The number of benzene rings is 1. The fraction of sp³-hybridized carbons (Fsp3) is 0.333. The first kappa shape index (κ1) is 14.1. The molecule has 0 heterocycles. The SMILES string of the molecule is NC(=O)COc1cccc(CNC(=O)C2CC=CC2)c1. The number of amides is 2. The first-order valence-corrected chi connectivity index (χ1v) is 6.58. The fourth-order valence-corrected chi connectivity index (χ4v) is 2.06. The Morgan fingerprint density at radius 1 is 1.30 bits per heavy atom. The molecule has 0 aliphatic heterocycles. The Balaban J connectivity index is 1.84. The largest absolute Gasteiger partial charge is 0.484 e. The minimum absolute atomic E-state index is 0.0595. The number of allylic oxidation sites excluding steroid dienone is 2. The Bertz CT molecular complexity index is 518. The molecule has 2 rings (SSSR count). The Kier molecular flexibility index (Phi) is 4.76. The van der Waals surface area contributed by atoms with Crippen molar-refractivity contribution in [1.82, 2.24) is 5.32 Å². The maximum absolute atomic E-state index is 11.9. The molecule has 0 radical (unpaired) electrons. The predicted molar refractivity (Wildman–Crippen MR) is 74.8 cm³/mol. The highest BCUT2D eigenvalue weighted by molar-refractivity contribution is 5.79. The normalized spacial score (nSPS) is 14.2. The zero-order valence-electron chi connectivity index (χ0n) is 11.2. The van der Waals surface area contributed by atoms with Gasteiger partial charge in [0.25, 0.3) is 5.91 Å². The van der Waals surface area contributed by atoms with Crippen LogP contribution in [0, 0.1) is 5.92 Å². The van der Waals surface area contributed by atoms with Crippen LogP contribution in [0.25, 0.3) is 0 Å². The van der Waals surface area contributed by atoms with Gasteiger partial charge < -0.3 is 15.8 Å². The molecule has 0 bridgehead atoms. The third-order valence-corrected chi connectivity index (χ3v) is 3.12. The molecular weight excluding hydrogens is 256 g/mol. The van der Waals surface area contributed by atoms with Crippen molar-refractivity contribution in [2.45, 2.75) is 19.4 Å². The number of nitrogens with two attached hydrogens (primary N) is 1. The van der Waals surface area contributed by atoms with Gasteiger partial charge in [0.05, 0.1) is 0 Å². The average Bonchev–Trinajstić information content (AvgIpc) is 2.97. The summed E-state index contributed by atoms with van der Waals surface area (Å²) in [4.78, 5) is 22.5. The van der Waals surface area contributed by atoms with Gasteiger partial charge in [0.2, 0.25) is 5.91 Å². The molecule has 106 valence electrons. The van der Waals surface area contributed by atoms with Gasteiger partial charge in [0.1, 0.15) is 5.75 Å². The third kappa shape index (κ3) is 4.12. The van der Waals surface area contributed by atoms with E-state index in [0.29, 0.717) is 12.3 Å². The number of nitrogens with one attached hydrogen (secondary N) is 1. The van der Waals surface area contributed by atoms with Crippen molar-refractivity contribution in [3.63, 3.8) is 0 Å². The molecular formula is C15H18N2O3. The van der Waals surface area contributed by atoms with E-state index in [1.165, 1.54) is 0 Å². The van der Waals surface area contributed by atoms with Gasteiger partial charge in [-0.2, -0.15) is 0 Å². The molecule has 0 saturated carbocycles. The van der Waals surface area contributed by atoms with Gasteiger partial charge in [-0.3, -0.25) is 9.59 Å². The first-order chi connectivity index (χ1) is 9.65. The summed E-state index contributed by atoms with van der Waals surface area (Å²) in [6.07, 6.45) is 5.69. The van der Waals surface area contributed by atoms with Crippen LogP contribution in [0.4, 0.5) is 0 Å². The quantitative estimate of drug-likeness (QED) is 0.763. The van der Waals surface area contributed by atoms with Crippen LogP contribution in [0.1, 0.15) is 18.4 Å². The van der Waals surface area contributed by atoms with Gasteiger partial charge in [-0.05, 0) is 30.5 Å². The van der Waals surface area contributed by atoms with Gasteiger partial charge in [-0.1, -0.05) is 24.3 Å². The summed E-state index contributed by atoms with van der Waals surface area (Å²) in [6.45, 7) is 0.298. The zero-order chi connectivity index (χ0) is 14.4. The molecule has 0 saturated heterocycles. The van der Waals surface area contributed by atoms with Crippen molar-refractivity contribution in [3.05, 3.63) is 42.0 Å². The summed E-state index contributed by atoms with van der Waals surface area (Å²) >= 11 is 0. The summed E-state index contributed by atoms with van der Waals surface area (Å²) in [7, 11) is 0. The van der Waals surface area contributed by atoms with Crippen molar-refractivity contribution >= 4 is 11.8 Å². The molecule has 20 heavy (non-hydrogen) atoms. The summed E-state index contributed by atoms with van der Waals surface area (Å²) in [6, 6.07) is 7.24. The number of rotatable bonds is 6. The van der Waals surface area contributed by atoms with Gasteiger partial charge in [-0.25, -0.2) is 0 Å². The summed E-state index contributed by atoms with van der Waals surface area (Å²) in [5, 5.41) is 2.91. The Hall–Kier alpha value is -2.30. The van der Waals surface area contributed by atoms with E-state index in [2.05, 4.69) is 5.32 Å².